The van der Waals surface area contributed by atoms with E-state index in [1.54, 1.807) is 33.2 Å². The van der Waals surface area contributed by atoms with Gasteiger partial charge in [0.1, 0.15) is 11.6 Å². The van der Waals surface area contributed by atoms with Crippen LogP contribution in [0, 0.1) is 5.92 Å². The molecule has 0 spiro atoms. The Morgan fingerprint density at radius 1 is 1.14 bits per heavy atom. The van der Waals surface area contributed by atoms with Crippen LogP contribution in [0.3, 0.4) is 0 Å². The van der Waals surface area contributed by atoms with Crippen LogP contribution in [0.1, 0.15) is 81.6 Å². The largest absolute Gasteiger partial charge is 0.498 e. The molecule has 0 radical (unpaired) electrons. The standard InChI is InChI=1S/C26H44BN5O5/c1-17(2)20(31-23(34)35-24(3,4)5)21(33)32-13-11-10-12-19(32)16-30-22-28-14-18(15-29-22)27-36-25(6,7)26(8,9)37-27/h14-15,17,19-20H,10-13,16H2,1-9H3,(H,31,34)(H,28,29,30)/t19-,20-/m1/s1. The van der Waals surface area contributed by atoms with Gasteiger partial charge in [-0.3, -0.25) is 4.79 Å². The number of carbonyl (C=O) groups is 2. The molecule has 2 N–H and O–H groups in total. The van der Waals surface area contributed by atoms with Crippen LogP contribution < -0.4 is 16.1 Å². The molecular formula is C26H44BN5O5. The van der Waals surface area contributed by atoms with Gasteiger partial charge in [0.25, 0.3) is 0 Å². The average Bonchev–Trinajstić information content (AvgIpc) is 3.01. The molecule has 10 nitrogen and oxygen atoms in total. The molecule has 1 aromatic rings. The summed E-state index contributed by atoms with van der Waals surface area (Å²) in [4.78, 5) is 36.7. The van der Waals surface area contributed by atoms with Crippen LogP contribution in [0.15, 0.2) is 12.4 Å². The van der Waals surface area contributed by atoms with Crippen molar-refractivity contribution >= 4 is 30.5 Å². The minimum absolute atomic E-state index is 0.0330. The Labute approximate surface area is 221 Å². The fraction of sp³-hybridized carbons (Fsp3) is 0.769. The van der Waals surface area contributed by atoms with E-state index < -0.39 is 36.1 Å². The second kappa shape index (κ2) is 11.1. The molecule has 0 saturated carbocycles. The molecule has 2 amide bonds. The lowest BCUT2D eigenvalue weighted by atomic mass is 9.81. The van der Waals surface area contributed by atoms with Gasteiger partial charge in [0.15, 0.2) is 0 Å². The third kappa shape index (κ3) is 7.34. The monoisotopic (exact) mass is 517 g/mol. The van der Waals surface area contributed by atoms with Crippen molar-refractivity contribution in [3.05, 3.63) is 12.4 Å². The first-order chi connectivity index (χ1) is 17.1. The van der Waals surface area contributed by atoms with Gasteiger partial charge in [-0.2, -0.15) is 0 Å². The maximum absolute atomic E-state index is 13.5. The zero-order valence-electron chi connectivity index (χ0n) is 23.9. The summed E-state index contributed by atoms with van der Waals surface area (Å²) >= 11 is 0. The van der Waals surface area contributed by atoms with Gasteiger partial charge < -0.3 is 29.6 Å². The molecule has 1 aromatic heterocycles. The fourth-order valence-corrected chi connectivity index (χ4v) is 4.37. The van der Waals surface area contributed by atoms with Gasteiger partial charge in [0, 0.05) is 37.0 Å². The minimum Gasteiger partial charge on any atom is -0.444 e. The van der Waals surface area contributed by atoms with Crippen LogP contribution >= 0.6 is 0 Å². The molecule has 2 aliphatic rings. The molecule has 11 heteroatoms. The number of hydrogen-bond donors (Lipinski definition) is 2. The van der Waals surface area contributed by atoms with E-state index in [9.17, 15) is 9.59 Å². The number of hydrogen-bond acceptors (Lipinski definition) is 8. The molecule has 2 atom stereocenters. The number of aromatic nitrogens is 2. The Kier molecular flexibility index (Phi) is 8.79. The lowest BCUT2D eigenvalue weighted by Crippen LogP contribution is -2.57. The van der Waals surface area contributed by atoms with Crippen LogP contribution in [0.4, 0.5) is 10.7 Å². The molecule has 0 aromatic carbocycles. The highest BCUT2D eigenvalue weighted by Gasteiger charge is 2.52. The number of ether oxygens (including phenoxy) is 1. The lowest BCUT2D eigenvalue weighted by molar-refractivity contribution is -0.138. The summed E-state index contributed by atoms with van der Waals surface area (Å²) in [6.45, 7) is 18.4. The van der Waals surface area contributed by atoms with E-state index >= 15 is 0 Å². The molecule has 0 unspecified atom stereocenters. The summed E-state index contributed by atoms with van der Waals surface area (Å²) in [6.07, 6.45) is 5.66. The van der Waals surface area contributed by atoms with Crippen molar-refractivity contribution < 1.29 is 23.6 Å². The number of rotatable bonds is 7. The Balaban J connectivity index is 1.62. The van der Waals surface area contributed by atoms with E-state index in [1.165, 1.54) is 0 Å². The van der Waals surface area contributed by atoms with Crippen LogP contribution in [-0.2, 0) is 18.8 Å². The summed E-state index contributed by atoms with van der Waals surface area (Å²) in [5.74, 6) is 0.302. The van der Waals surface area contributed by atoms with E-state index in [4.69, 9.17) is 14.0 Å². The number of piperidine rings is 1. The van der Waals surface area contributed by atoms with Crippen molar-refractivity contribution in [3.63, 3.8) is 0 Å². The molecule has 2 aliphatic heterocycles. The summed E-state index contributed by atoms with van der Waals surface area (Å²) in [5, 5.41) is 6.07. The van der Waals surface area contributed by atoms with Crippen LogP contribution in [-0.4, -0.2) is 76.0 Å². The van der Waals surface area contributed by atoms with E-state index in [1.807, 2.05) is 46.4 Å². The van der Waals surface area contributed by atoms with Gasteiger partial charge >= 0.3 is 13.2 Å². The van der Waals surface area contributed by atoms with Gasteiger partial charge in [-0.1, -0.05) is 13.8 Å². The van der Waals surface area contributed by atoms with Gasteiger partial charge in [0.05, 0.1) is 11.2 Å². The number of amides is 2. The highest BCUT2D eigenvalue weighted by Crippen LogP contribution is 2.36. The highest BCUT2D eigenvalue weighted by molar-refractivity contribution is 6.61. The van der Waals surface area contributed by atoms with E-state index in [0.717, 1.165) is 24.7 Å². The number of anilines is 1. The second-order valence-electron chi connectivity index (χ2n) is 12.4. The first-order valence-electron chi connectivity index (χ1n) is 13.3. The molecule has 2 fully saturated rings. The first kappa shape index (κ1) is 29.2. The van der Waals surface area contributed by atoms with E-state index in [-0.39, 0.29) is 17.9 Å². The van der Waals surface area contributed by atoms with Crippen molar-refractivity contribution in [1.29, 1.82) is 0 Å². The Morgan fingerprint density at radius 2 is 1.73 bits per heavy atom. The van der Waals surface area contributed by atoms with Crippen molar-refractivity contribution in [3.8, 4) is 0 Å². The van der Waals surface area contributed by atoms with E-state index in [0.29, 0.717) is 19.0 Å². The number of nitrogens with zero attached hydrogens (tertiary/aromatic N) is 3. The number of alkyl carbamates (subject to hydrolysis) is 1. The summed E-state index contributed by atoms with van der Waals surface area (Å²) in [7, 11) is -0.518. The number of likely N-dealkylation sites (tertiary alicyclic amines) is 1. The Hall–Kier alpha value is -2.40. The zero-order valence-corrected chi connectivity index (χ0v) is 23.9. The topological polar surface area (TPSA) is 115 Å². The molecule has 0 bridgehead atoms. The molecule has 2 saturated heterocycles. The first-order valence-corrected chi connectivity index (χ1v) is 13.3. The van der Waals surface area contributed by atoms with Crippen LogP contribution in [0.5, 0.6) is 0 Å². The van der Waals surface area contributed by atoms with Crippen molar-refractivity contribution in [1.82, 2.24) is 20.2 Å². The maximum Gasteiger partial charge on any atom is 0.498 e. The third-order valence-electron chi connectivity index (χ3n) is 7.21. The molecule has 3 rings (SSSR count). The molecule has 3 heterocycles. The zero-order chi connectivity index (χ0) is 27.6. The predicted octanol–water partition coefficient (Wildman–Crippen LogP) is 3.12. The number of nitrogens with one attached hydrogen (secondary N) is 2. The average molecular weight is 517 g/mol. The third-order valence-corrected chi connectivity index (χ3v) is 7.21. The maximum atomic E-state index is 13.5. The second-order valence-corrected chi connectivity index (χ2v) is 12.4. The Morgan fingerprint density at radius 3 is 2.27 bits per heavy atom. The van der Waals surface area contributed by atoms with Crippen molar-refractivity contribution in [2.75, 3.05) is 18.4 Å². The quantitative estimate of drug-likeness (QED) is 0.531. The predicted molar refractivity (Wildman–Crippen MR) is 144 cm³/mol. The van der Waals surface area contributed by atoms with Gasteiger partial charge in [0.2, 0.25) is 11.9 Å². The lowest BCUT2D eigenvalue weighted by Gasteiger charge is -2.39. The molecule has 206 valence electrons. The Bertz CT molecular complexity index is 932. The van der Waals surface area contributed by atoms with Gasteiger partial charge in [-0.25, -0.2) is 14.8 Å². The number of carbonyl (C=O) groups excluding carboxylic acids is 2. The minimum atomic E-state index is -0.661. The normalized spacial score (nSPS) is 22.1. The molecule has 0 aliphatic carbocycles. The summed E-state index contributed by atoms with van der Waals surface area (Å²) in [6, 6.07) is -0.694. The van der Waals surface area contributed by atoms with Crippen LogP contribution in [0.25, 0.3) is 0 Å². The van der Waals surface area contributed by atoms with Crippen molar-refractivity contribution in [2.45, 2.75) is 110 Å². The fourth-order valence-electron chi connectivity index (χ4n) is 4.37. The summed E-state index contributed by atoms with van der Waals surface area (Å²) in [5.41, 5.74) is -0.744. The summed E-state index contributed by atoms with van der Waals surface area (Å²) < 4.78 is 17.5. The molecular weight excluding hydrogens is 473 g/mol. The van der Waals surface area contributed by atoms with Gasteiger partial charge in [-0.05, 0) is 73.6 Å². The SMILES string of the molecule is CC(C)[C@@H](NC(=O)OC(C)(C)C)C(=O)N1CCCC[C@@H]1CNc1ncc(B2OC(C)(C)C(C)(C)O2)cn1. The van der Waals surface area contributed by atoms with Crippen LogP contribution in [0.2, 0.25) is 0 Å². The van der Waals surface area contributed by atoms with Gasteiger partial charge in [-0.15, -0.1) is 0 Å². The van der Waals surface area contributed by atoms with Crippen molar-refractivity contribution in [2.24, 2.45) is 5.92 Å². The molecule has 37 heavy (non-hydrogen) atoms. The smallest absolute Gasteiger partial charge is 0.444 e. The van der Waals surface area contributed by atoms with E-state index in [2.05, 4.69) is 20.6 Å². The highest BCUT2D eigenvalue weighted by atomic mass is 16.7.